The van der Waals surface area contributed by atoms with Crippen LogP contribution in [0.3, 0.4) is 0 Å². The molecule has 0 fully saturated rings. The molecule has 3 nitrogen and oxygen atoms in total. The number of isocyanates is 1. The van der Waals surface area contributed by atoms with Gasteiger partial charge in [-0.3, -0.25) is 0 Å². The van der Waals surface area contributed by atoms with E-state index in [0.717, 1.165) is 19.4 Å². The van der Waals surface area contributed by atoms with Gasteiger partial charge in [0.05, 0.1) is 6.54 Å². The molecule has 0 bridgehead atoms. The second kappa shape index (κ2) is 17.3. The van der Waals surface area contributed by atoms with Crippen LogP contribution in [0.4, 0.5) is 0 Å². The van der Waals surface area contributed by atoms with Crippen LogP contribution in [-0.2, 0) is 9.53 Å². The van der Waals surface area contributed by atoms with Crippen molar-refractivity contribution in [3.63, 3.8) is 0 Å². The Morgan fingerprint density at radius 2 is 1.32 bits per heavy atom. The molecule has 0 aliphatic rings. The molecule has 0 aromatic rings. The molecule has 0 aliphatic carbocycles. The third kappa shape index (κ3) is 17.3. The van der Waals surface area contributed by atoms with Gasteiger partial charge >= 0.3 is 0 Å². The molecular formula is C16H31NO2. The highest BCUT2D eigenvalue weighted by Gasteiger charge is 1.93. The van der Waals surface area contributed by atoms with Gasteiger partial charge in [-0.25, -0.2) is 9.79 Å². The van der Waals surface area contributed by atoms with Crippen LogP contribution in [0.1, 0.15) is 77.6 Å². The van der Waals surface area contributed by atoms with Gasteiger partial charge < -0.3 is 4.74 Å². The highest BCUT2D eigenvalue weighted by molar-refractivity contribution is 5.32. The van der Waals surface area contributed by atoms with E-state index in [-0.39, 0.29) is 0 Å². The van der Waals surface area contributed by atoms with E-state index in [2.05, 4.69) is 11.9 Å². The molecule has 112 valence electrons. The number of aliphatic imine (C=N–C) groups is 1. The molecule has 0 saturated carbocycles. The van der Waals surface area contributed by atoms with Crippen LogP contribution in [0.2, 0.25) is 0 Å². The third-order valence-electron chi connectivity index (χ3n) is 3.27. The topological polar surface area (TPSA) is 38.7 Å². The molecule has 0 rings (SSSR count). The van der Waals surface area contributed by atoms with E-state index in [1.807, 2.05) is 0 Å². The Hall–Kier alpha value is -0.660. The highest BCUT2D eigenvalue weighted by Crippen LogP contribution is 2.10. The molecule has 0 amide bonds. The second-order valence-electron chi connectivity index (χ2n) is 5.12. The minimum absolute atomic E-state index is 0.543. The second-order valence-corrected chi connectivity index (χ2v) is 5.12. The van der Waals surface area contributed by atoms with Crippen molar-refractivity contribution < 1.29 is 9.53 Å². The summed E-state index contributed by atoms with van der Waals surface area (Å²) in [4.78, 5) is 13.3. The Labute approximate surface area is 118 Å². The molecule has 19 heavy (non-hydrogen) atoms. The lowest BCUT2D eigenvalue weighted by Crippen LogP contribution is -1.98. The van der Waals surface area contributed by atoms with Gasteiger partial charge in [0.2, 0.25) is 6.08 Å². The first-order valence-electron chi connectivity index (χ1n) is 8.03. The summed E-state index contributed by atoms with van der Waals surface area (Å²) < 4.78 is 5.46. The van der Waals surface area contributed by atoms with E-state index >= 15 is 0 Å². The van der Waals surface area contributed by atoms with Crippen molar-refractivity contribution in [1.82, 2.24) is 0 Å². The minimum atomic E-state index is 0.543. The van der Waals surface area contributed by atoms with Crippen molar-refractivity contribution in [2.75, 3.05) is 19.8 Å². The van der Waals surface area contributed by atoms with Crippen LogP contribution in [0, 0.1) is 0 Å². The summed E-state index contributed by atoms with van der Waals surface area (Å²) in [6.45, 7) is 4.36. The van der Waals surface area contributed by atoms with E-state index in [1.54, 1.807) is 0 Å². The van der Waals surface area contributed by atoms with Gasteiger partial charge in [-0.05, 0) is 12.8 Å². The quantitative estimate of drug-likeness (QED) is 0.246. The number of carbonyl (C=O) groups excluding carboxylic acids is 1. The predicted molar refractivity (Wildman–Crippen MR) is 80.3 cm³/mol. The lowest BCUT2D eigenvalue weighted by atomic mass is 10.1. The summed E-state index contributed by atoms with van der Waals surface area (Å²) in [5.74, 6) is 0. The van der Waals surface area contributed by atoms with Gasteiger partial charge in [-0.1, -0.05) is 64.7 Å². The predicted octanol–water partition coefficient (Wildman–Crippen LogP) is 4.65. The van der Waals surface area contributed by atoms with Gasteiger partial charge in [0.1, 0.15) is 0 Å². The van der Waals surface area contributed by atoms with E-state index in [1.165, 1.54) is 63.9 Å². The largest absolute Gasteiger partial charge is 0.381 e. The van der Waals surface area contributed by atoms with Crippen LogP contribution in [0.25, 0.3) is 0 Å². The van der Waals surface area contributed by atoms with E-state index in [0.29, 0.717) is 13.2 Å². The Morgan fingerprint density at radius 3 is 1.89 bits per heavy atom. The summed E-state index contributed by atoms with van der Waals surface area (Å²) in [5.41, 5.74) is 0. The molecule has 3 heteroatoms. The van der Waals surface area contributed by atoms with Crippen molar-refractivity contribution in [3.05, 3.63) is 0 Å². The number of rotatable bonds is 15. The summed E-state index contributed by atoms with van der Waals surface area (Å²) in [7, 11) is 0. The molecule has 0 N–H and O–H groups in total. The van der Waals surface area contributed by atoms with Crippen molar-refractivity contribution in [2.45, 2.75) is 77.6 Å². The third-order valence-corrected chi connectivity index (χ3v) is 3.27. The van der Waals surface area contributed by atoms with Crippen LogP contribution in [0.5, 0.6) is 0 Å². The van der Waals surface area contributed by atoms with Crippen LogP contribution in [0.15, 0.2) is 4.99 Å². The van der Waals surface area contributed by atoms with E-state index < -0.39 is 0 Å². The van der Waals surface area contributed by atoms with Crippen molar-refractivity contribution >= 4 is 6.08 Å². The van der Waals surface area contributed by atoms with Crippen LogP contribution >= 0.6 is 0 Å². The molecule has 0 unspecified atom stereocenters. The lowest BCUT2D eigenvalue weighted by Gasteiger charge is -2.03. The van der Waals surface area contributed by atoms with Crippen LogP contribution in [-0.4, -0.2) is 25.8 Å². The molecule has 0 atom stereocenters. The highest BCUT2D eigenvalue weighted by atomic mass is 16.5. The first-order valence-corrected chi connectivity index (χ1v) is 8.03. The normalized spacial score (nSPS) is 10.4. The molecular weight excluding hydrogens is 238 g/mol. The number of unbranched alkanes of at least 4 members (excludes halogenated alkanes) is 9. The van der Waals surface area contributed by atoms with Gasteiger partial charge in [0.15, 0.2) is 0 Å². The van der Waals surface area contributed by atoms with E-state index in [9.17, 15) is 4.79 Å². The molecule has 0 aromatic heterocycles. The smallest absolute Gasteiger partial charge is 0.234 e. The standard InChI is InChI=1S/C16H31NO2/c1-2-3-4-5-6-7-8-9-10-11-14-19-15-12-13-17-16-18/h2-15H2,1H3. The average molecular weight is 269 g/mol. The van der Waals surface area contributed by atoms with E-state index in [4.69, 9.17) is 4.74 Å². The Bertz CT molecular complexity index is 213. The Morgan fingerprint density at radius 1 is 0.789 bits per heavy atom. The van der Waals surface area contributed by atoms with Gasteiger partial charge in [0, 0.05) is 13.2 Å². The van der Waals surface area contributed by atoms with Crippen molar-refractivity contribution in [1.29, 1.82) is 0 Å². The maximum Gasteiger partial charge on any atom is 0.234 e. The summed E-state index contributed by atoms with van der Waals surface area (Å²) in [6.07, 6.45) is 15.9. The Balaban J connectivity index is 2.93. The molecule has 0 radical (unpaired) electrons. The van der Waals surface area contributed by atoms with Crippen molar-refractivity contribution in [3.8, 4) is 0 Å². The molecule has 0 heterocycles. The molecule has 0 aliphatic heterocycles. The van der Waals surface area contributed by atoms with Gasteiger partial charge in [-0.15, -0.1) is 0 Å². The number of hydrogen-bond acceptors (Lipinski definition) is 3. The zero-order chi connectivity index (χ0) is 14.0. The van der Waals surface area contributed by atoms with Crippen molar-refractivity contribution in [2.24, 2.45) is 4.99 Å². The number of ether oxygens (including phenoxy) is 1. The zero-order valence-electron chi connectivity index (χ0n) is 12.7. The maximum atomic E-state index is 9.81. The first-order chi connectivity index (χ1) is 9.41. The van der Waals surface area contributed by atoms with Gasteiger partial charge in [-0.2, -0.15) is 0 Å². The zero-order valence-corrected chi connectivity index (χ0v) is 12.7. The molecule has 0 saturated heterocycles. The summed E-state index contributed by atoms with van der Waals surface area (Å²) >= 11 is 0. The average Bonchev–Trinajstić information content (AvgIpc) is 2.43. The number of nitrogens with zero attached hydrogens (tertiary/aromatic N) is 1. The Kier molecular flexibility index (Phi) is 16.7. The fraction of sp³-hybridized carbons (Fsp3) is 0.938. The fourth-order valence-electron chi connectivity index (χ4n) is 2.08. The summed E-state index contributed by atoms with van der Waals surface area (Å²) in [5, 5.41) is 0. The van der Waals surface area contributed by atoms with Gasteiger partial charge in [0.25, 0.3) is 0 Å². The first kappa shape index (κ1) is 18.3. The molecule has 0 spiro atoms. The molecule has 0 aromatic carbocycles. The van der Waals surface area contributed by atoms with Crippen LogP contribution < -0.4 is 0 Å². The SMILES string of the molecule is CCCCCCCCCCCCOCCCN=C=O. The maximum absolute atomic E-state index is 9.81. The number of hydrogen-bond donors (Lipinski definition) is 0. The minimum Gasteiger partial charge on any atom is -0.381 e. The monoisotopic (exact) mass is 269 g/mol. The fourth-order valence-corrected chi connectivity index (χ4v) is 2.08. The lowest BCUT2D eigenvalue weighted by molar-refractivity contribution is 0.129. The summed E-state index contributed by atoms with van der Waals surface area (Å²) in [6, 6.07) is 0.